The van der Waals surface area contributed by atoms with Gasteiger partial charge < -0.3 is 35.0 Å². The molecule has 1 heterocycles. The summed E-state index contributed by atoms with van der Waals surface area (Å²) in [5.74, 6) is 0.446. The van der Waals surface area contributed by atoms with Gasteiger partial charge in [-0.2, -0.15) is 0 Å². The zero-order chi connectivity index (χ0) is 16.6. The quantitative estimate of drug-likeness (QED) is 0.527. The molecule has 23 heavy (non-hydrogen) atoms. The fourth-order valence-electron chi connectivity index (χ4n) is 2.64. The molecule has 7 nitrogen and oxygen atoms in total. The SMILES string of the molecule is OC[C@H]1O[C@@H](O)[C@H](Oc2ccc3ccc(O)cc3c2)[C@@H](O)[C@@H]1O. The predicted octanol–water partition coefficient (Wildman–Crippen LogP) is -0.276. The highest BCUT2D eigenvalue weighted by atomic mass is 16.7. The number of benzene rings is 2. The second-order valence-electron chi connectivity index (χ2n) is 5.50. The van der Waals surface area contributed by atoms with Gasteiger partial charge in [0.2, 0.25) is 0 Å². The highest BCUT2D eigenvalue weighted by Gasteiger charge is 2.45. The van der Waals surface area contributed by atoms with Crippen LogP contribution in [0.2, 0.25) is 0 Å². The number of phenols is 1. The molecule has 2 aromatic rings. The molecular weight excluding hydrogens is 304 g/mol. The Morgan fingerprint density at radius 3 is 2.43 bits per heavy atom. The second-order valence-corrected chi connectivity index (χ2v) is 5.50. The molecule has 0 aliphatic carbocycles. The molecule has 0 unspecified atom stereocenters. The highest BCUT2D eigenvalue weighted by Crippen LogP contribution is 2.28. The van der Waals surface area contributed by atoms with Crippen molar-refractivity contribution in [3.63, 3.8) is 0 Å². The number of ether oxygens (including phenoxy) is 2. The van der Waals surface area contributed by atoms with Crippen molar-refractivity contribution in [1.29, 1.82) is 0 Å². The number of aromatic hydroxyl groups is 1. The summed E-state index contributed by atoms with van der Waals surface area (Å²) in [5, 5.41) is 50.0. The van der Waals surface area contributed by atoms with Gasteiger partial charge in [0.15, 0.2) is 12.4 Å². The van der Waals surface area contributed by atoms with Gasteiger partial charge in [0, 0.05) is 0 Å². The van der Waals surface area contributed by atoms with Crippen LogP contribution < -0.4 is 4.74 Å². The molecule has 5 atom stereocenters. The third kappa shape index (κ3) is 3.10. The van der Waals surface area contributed by atoms with Crippen molar-refractivity contribution in [2.75, 3.05) is 6.61 Å². The van der Waals surface area contributed by atoms with Crippen LogP contribution in [0.1, 0.15) is 0 Å². The Labute approximate surface area is 131 Å². The van der Waals surface area contributed by atoms with Crippen molar-refractivity contribution in [3.05, 3.63) is 36.4 Å². The van der Waals surface area contributed by atoms with Gasteiger partial charge in [-0.15, -0.1) is 0 Å². The summed E-state index contributed by atoms with van der Waals surface area (Å²) in [6.07, 6.45) is -6.57. The van der Waals surface area contributed by atoms with Gasteiger partial charge >= 0.3 is 0 Å². The fourth-order valence-corrected chi connectivity index (χ4v) is 2.64. The van der Waals surface area contributed by atoms with Crippen molar-refractivity contribution in [2.24, 2.45) is 0 Å². The number of hydrogen-bond acceptors (Lipinski definition) is 7. The average Bonchev–Trinajstić information content (AvgIpc) is 2.54. The van der Waals surface area contributed by atoms with Crippen LogP contribution in [-0.4, -0.2) is 62.8 Å². The number of aliphatic hydroxyl groups excluding tert-OH is 4. The molecule has 2 aromatic carbocycles. The lowest BCUT2D eigenvalue weighted by molar-refractivity contribution is -0.280. The van der Waals surface area contributed by atoms with Gasteiger partial charge in [0.25, 0.3) is 0 Å². The Kier molecular flexibility index (Phi) is 4.38. The molecule has 0 radical (unpaired) electrons. The van der Waals surface area contributed by atoms with Crippen LogP contribution in [0.25, 0.3) is 10.8 Å². The monoisotopic (exact) mass is 322 g/mol. The van der Waals surface area contributed by atoms with Crippen molar-refractivity contribution < 1.29 is 35.0 Å². The van der Waals surface area contributed by atoms with E-state index in [0.717, 1.165) is 10.8 Å². The molecular formula is C16H18O7. The van der Waals surface area contributed by atoms with E-state index in [1.807, 2.05) is 0 Å². The van der Waals surface area contributed by atoms with E-state index in [9.17, 15) is 20.4 Å². The van der Waals surface area contributed by atoms with Gasteiger partial charge in [-0.25, -0.2) is 0 Å². The maximum atomic E-state index is 10.1. The summed E-state index contributed by atoms with van der Waals surface area (Å²) >= 11 is 0. The van der Waals surface area contributed by atoms with E-state index in [0.29, 0.717) is 5.75 Å². The minimum absolute atomic E-state index is 0.108. The summed E-state index contributed by atoms with van der Waals surface area (Å²) in [7, 11) is 0. The molecule has 0 saturated carbocycles. The standard InChI is InChI=1S/C16H18O7/c17-7-12-13(19)14(20)15(16(21)23-12)22-11-4-2-8-1-3-10(18)5-9(8)6-11/h1-6,12-21H,7H2/t12-,13-,14+,15-,16-/m1/s1. The first-order chi connectivity index (χ1) is 11.0. The molecule has 0 aromatic heterocycles. The smallest absolute Gasteiger partial charge is 0.195 e. The number of aliphatic hydroxyl groups is 4. The molecule has 0 bridgehead atoms. The lowest BCUT2D eigenvalue weighted by atomic mass is 9.99. The van der Waals surface area contributed by atoms with Gasteiger partial charge in [0.1, 0.15) is 29.8 Å². The third-order valence-electron chi connectivity index (χ3n) is 3.91. The Morgan fingerprint density at radius 2 is 1.70 bits per heavy atom. The van der Waals surface area contributed by atoms with E-state index in [2.05, 4.69) is 0 Å². The predicted molar refractivity (Wildman–Crippen MR) is 80.0 cm³/mol. The highest BCUT2D eigenvalue weighted by molar-refractivity contribution is 5.85. The largest absolute Gasteiger partial charge is 0.508 e. The summed E-state index contributed by atoms with van der Waals surface area (Å²) < 4.78 is 10.6. The molecule has 1 aliphatic heterocycles. The van der Waals surface area contributed by atoms with Gasteiger partial charge in [-0.05, 0) is 35.0 Å². The zero-order valence-electron chi connectivity index (χ0n) is 12.1. The van der Waals surface area contributed by atoms with E-state index in [1.165, 1.54) is 0 Å². The van der Waals surface area contributed by atoms with Crippen LogP contribution in [0, 0.1) is 0 Å². The van der Waals surface area contributed by atoms with E-state index in [1.54, 1.807) is 36.4 Å². The minimum atomic E-state index is -1.49. The van der Waals surface area contributed by atoms with E-state index in [-0.39, 0.29) is 5.75 Å². The average molecular weight is 322 g/mol. The number of hydrogen-bond donors (Lipinski definition) is 5. The fraction of sp³-hybridized carbons (Fsp3) is 0.375. The van der Waals surface area contributed by atoms with Crippen LogP contribution in [-0.2, 0) is 4.74 Å². The van der Waals surface area contributed by atoms with Crippen LogP contribution in [0.5, 0.6) is 11.5 Å². The molecule has 0 spiro atoms. The first kappa shape index (κ1) is 16.0. The normalized spacial score (nSPS) is 31.2. The van der Waals surface area contributed by atoms with Crippen LogP contribution >= 0.6 is 0 Å². The van der Waals surface area contributed by atoms with Crippen LogP contribution in [0.4, 0.5) is 0 Å². The van der Waals surface area contributed by atoms with Crippen molar-refractivity contribution in [3.8, 4) is 11.5 Å². The van der Waals surface area contributed by atoms with E-state index >= 15 is 0 Å². The van der Waals surface area contributed by atoms with Gasteiger partial charge in [-0.3, -0.25) is 0 Å². The third-order valence-corrected chi connectivity index (χ3v) is 3.91. The van der Waals surface area contributed by atoms with E-state index in [4.69, 9.17) is 14.6 Å². The maximum absolute atomic E-state index is 10.1. The molecule has 5 N–H and O–H groups in total. The Bertz CT molecular complexity index is 689. The molecule has 1 fully saturated rings. The molecule has 1 saturated heterocycles. The van der Waals surface area contributed by atoms with Crippen molar-refractivity contribution in [1.82, 2.24) is 0 Å². The van der Waals surface area contributed by atoms with Crippen LogP contribution in [0.3, 0.4) is 0 Å². The first-order valence-corrected chi connectivity index (χ1v) is 7.19. The lowest BCUT2D eigenvalue weighted by Crippen LogP contribution is -2.60. The molecule has 124 valence electrons. The van der Waals surface area contributed by atoms with Gasteiger partial charge in [0.05, 0.1) is 6.61 Å². The maximum Gasteiger partial charge on any atom is 0.195 e. The number of fused-ring (bicyclic) bond motifs is 1. The number of rotatable bonds is 3. The molecule has 1 aliphatic rings. The summed E-state index contributed by atoms with van der Waals surface area (Å²) in [5.41, 5.74) is 0. The molecule has 3 rings (SSSR count). The Hall–Kier alpha value is -1.90. The van der Waals surface area contributed by atoms with Crippen LogP contribution in [0.15, 0.2) is 36.4 Å². The Balaban J connectivity index is 1.83. The van der Waals surface area contributed by atoms with Crippen molar-refractivity contribution in [2.45, 2.75) is 30.7 Å². The summed E-state index contributed by atoms with van der Waals surface area (Å²) in [6.45, 7) is -0.530. The minimum Gasteiger partial charge on any atom is -0.508 e. The topological polar surface area (TPSA) is 120 Å². The first-order valence-electron chi connectivity index (χ1n) is 7.19. The van der Waals surface area contributed by atoms with Crippen molar-refractivity contribution >= 4 is 10.8 Å². The zero-order valence-corrected chi connectivity index (χ0v) is 12.1. The summed E-state index contributed by atoms with van der Waals surface area (Å²) in [4.78, 5) is 0. The molecule has 0 amide bonds. The lowest BCUT2D eigenvalue weighted by Gasteiger charge is -2.39. The van der Waals surface area contributed by atoms with E-state index < -0.39 is 37.3 Å². The Morgan fingerprint density at radius 1 is 0.957 bits per heavy atom. The molecule has 7 heteroatoms. The number of phenolic OH excluding ortho intramolecular Hbond substituents is 1. The second kappa shape index (κ2) is 6.31. The summed E-state index contributed by atoms with van der Waals surface area (Å²) in [6, 6.07) is 9.92. The van der Waals surface area contributed by atoms with Gasteiger partial charge in [-0.1, -0.05) is 12.1 Å².